The number of carboxylic acids is 1. The normalized spacial score (nSPS) is 11.9. The summed E-state index contributed by atoms with van der Waals surface area (Å²) in [6, 6.07) is 9.58. The Kier molecular flexibility index (Phi) is 5.30. The number of hydrogen-bond donors (Lipinski definition) is 2. The molecule has 0 bridgehead atoms. The third kappa shape index (κ3) is 4.44. The van der Waals surface area contributed by atoms with Crippen molar-refractivity contribution in [2.45, 2.75) is 19.8 Å². The van der Waals surface area contributed by atoms with E-state index in [0.29, 0.717) is 18.1 Å². The number of carboxylic acid groups (broad SMARTS) is 1. The molecule has 0 aliphatic rings. The van der Waals surface area contributed by atoms with Crippen LogP contribution >= 0.6 is 0 Å². The van der Waals surface area contributed by atoms with Crippen molar-refractivity contribution < 1.29 is 19.1 Å². The third-order valence-corrected chi connectivity index (χ3v) is 3.20. The van der Waals surface area contributed by atoms with Crippen molar-refractivity contribution in [2.24, 2.45) is 5.92 Å². The average Bonchev–Trinajstić information content (AvgIpc) is 3.00. The number of nitrogens with zero attached hydrogens (tertiary/aromatic N) is 1. The molecule has 2 rings (SSSR count). The first-order valence-corrected chi connectivity index (χ1v) is 7.06. The smallest absolute Gasteiger partial charge is 0.308 e. The molecule has 0 saturated heterocycles. The molecule has 1 amide bonds. The molecule has 6 nitrogen and oxygen atoms in total. The van der Waals surface area contributed by atoms with Gasteiger partial charge < -0.3 is 14.8 Å². The number of aliphatic carboxylic acids is 1. The fraction of sp³-hybridized carbons (Fsp3) is 0.312. The van der Waals surface area contributed by atoms with Crippen LogP contribution in [-0.4, -0.2) is 28.5 Å². The van der Waals surface area contributed by atoms with Crippen LogP contribution in [0, 0.1) is 5.92 Å². The lowest BCUT2D eigenvalue weighted by Crippen LogP contribution is -2.31. The lowest BCUT2D eigenvalue weighted by molar-refractivity contribution is -0.141. The van der Waals surface area contributed by atoms with E-state index in [2.05, 4.69) is 10.3 Å². The van der Waals surface area contributed by atoms with E-state index in [1.165, 1.54) is 0 Å². The molecule has 6 heteroatoms. The first kappa shape index (κ1) is 15.8. The highest BCUT2D eigenvalue weighted by Crippen LogP contribution is 2.20. The number of aryl methyl sites for hydroxylation is 1. The summed E-state index contributed by atoms with van der Waals surface area (Å²) < 4.78 is 5.60. The monoisotopic (exact) mass is 302 g/mol. The van der Waals surface area contributed by atoms with Gasteiger partial charge in [-0.3, -0.25) is 9.59 Å². The van der Waals surface area contributed by atoms with Crippen molar-refractivity contribution in [1.29, 1.82) is 0 Å². The van der Waals surface area contributed by atoms with E-state index in [0.717, 1.165) is 5.56 Å². The minimum atomic E-state index is -0.930. The Balaban J connectivity index is 1.81. The molecule has 0 aliphatic carbocycles. The second-order valence-corrected chi connectivity index (χ2v) is 5.03. The van der Waals surface area contributed by atoms with Crippen LogP contribution < -0.4 is 5.32 Å². The molecular weight excluding hydrogens is 284 g/mol. The molecule has 0 aliphatic heterocycles. The second-order valence-electron chi connectivity index (χ2n) is 5.03. The maximum Gasteiger partial charge on any atom is 0.308 e. The van der Waals surface area contributed by atoms with Crippen LogP contribution in [0.15, 0.2) is 40.9 Å². The fourth-order valence-corrected chi connectivity index (χ4v) is 1.82. The Labute approximate surface area is 128 Å². The van der Waals surface area contributed by atoms with Crippen LogP contribution in [0.3, 0.4) is 0 Å². The number of carbonyl (C=O) groups is 2. The molecule has 0 saturated carbocycles. The molecule has 0 spiro atoms. The molecule has 0 fully saturated rings. The van der Waals surface area contributed by atoms with Crippen molar-refractivity contribution in [3.05, 3.63) is 42.4 Å². The molecule has 2 aromatic rings. The number of nitrogens with one attached hydrogen (secondary N) is 1. The Bertz CT molecular complexity index is 637. The van der Waals surface area contributed by atoms with Crippen molar-refractivity contribution in [3.63, 3.8) is 0 Å². The summed E-state index contributed by atoms with van der Waals surface area (Å²) in [5, 5.41) is 11.3. The van der Waals surface area contributed by atoms with E-state index in [1.807, 2.05) is 30.3 Å². The Morgan fingerprint density at radius 1 is 1.32 bits per heavy atom. The molecule has 1 heterocycles. The molecule has 2 N–H and O–H groups in total. The van der Waals surface area contributed by atoms with Gasteiger partial charge in [0.1, 0.15) is 0 Å². The van der Waals surface area contributed by atoms with Gasteiger partial charge in [-0.25, -0.2) is 4.98 Å². The highest BCUT2D eigenvalue weighted by atomic mass is 16.4. The Morgan fingerprint density at radius 3 is 2.73 bits per heavy atom. The topological polar surface area (TPSA) is 92.4 Å². The van der Waals surface area contributed by atoms with Crippen LogP contribution in [0.1, 0.15) is 19.2 Å². The van der Waals surface area contributed by atoms with Crippen LogP contribution in [0.5, 0.6) is 0 Å². The first-order valence-electron chi connectivity index (χ1n) is 7.06. The van der Waals surface area contributed by atoms with Gasteiger partial charge in [0.05, 0.1) is 12.1 Å². The van der Waals surface area contributed by atoms with Gasteiger partial charge >= 0.3 is 5.97 Å². The van der Waals surface area contributed by atoms with E-state index in [-0.39, 0.29) is 18.9 Å². The summed E-state index contributed by atoms with van der Waals surface area (Å²) in [5.74, 6) is -0.598. The van der Waals surface area contributed by atoms with E-state index in [4.69, 9.17) is 9.52 Å². The Hall–Kier alpha value is -2.63. The summed E-state index contributed by atoms with van der Waals surface area (Å²) in [5.41, 5.74) is 0.931. The molecule has 1 unspecified atom stereocenters. The summed E-state index contributed by atoms with van der Waals surface area (Å²) in [6.07, 6.45) is 2.22. The van der Waals surface area contributed by atoms with Gasteiger partial charge in [0.15, 0.2) is 11.7 Å². The lowest BCUT2D eigenvalue weighted by atomic mass is 10.2. The molecule has 1 aromatic heterocycles. The maximum atomic E-state index is 11.6. The van der Waals surface area contributed by atoms with Gasteiger partial charge in [0.2, 0.25) is 5.91 Å². The molecular formula is C16H18N2O4. The summed E-state index contributed by atoms with van der Waals surface area (Å²) in [6.45, 7) is 1.66. The van der Waals surface area contributed by atoms with Gasteiger partial charge in [-0.1, -0.05) is 37.3 Å². The fourth-order valence-electron chi connectivity index (χ4n) is 1.82. The van der Waals surface area contributed by atoms with Crippen molar-refractivity contribution in [3.8, 4) is 11.3 Å². The largest absolute Gasteiger partial charge is 0.481 e. The van der Waals surface area contributed by atoms with Gasteiger partial charge in [0.25, 0.3) is 0 Å². The zero-order chi connectivity index (χ0) is 15.9. The van der Waals surface area contributed by atoms with Crippen LogP contribution in [0.2, 0.25) is 0 Å². The summed E-state index contributed by atoms with van der Waals surface area (Å²) in [4.78, 5) is 26.4. The number of carbonyl (C=O) groups excluding carboxylic acids is 1. The van der Waals surface area contributed by atoms with E-state index < -0.39 is 11.9 Å². The van der Waals surface area contributed by atoms with E-state index in [1.54, 1.807) is 13.1 Å². The SMILES string of the molecule is CC(CNC(=O)CCc1ncc(-c2ccccc2)o1)C(=O)O. The highest BCUT2D eigenvalue weighted by molar-refractivity contribution is 5.77. The van der Waals surface area contributed by atoms with Crippen molar-refractivity contribution >= 4 is 11.9 Å². The third-order valence-electron chi connectivity index (χ3n) is 3.20. The lowest BCUT2D eigenvalue weighted by Gasteiger charge is -2.07. The van der Waals surface area contributed by atoms with Crippen LogP contribution in [-0.2, 0) is 16.0 Å². The standard InChI is InChI=1S/C16H18N2O4/c1-11(16(20)21)9-17-14(19)7-8-15-18-10-13(22-15)12-5-3-2-4-6-12/h2-6,10-11H,7-9H2,1H3,(H,17,19)(H,20,21). The zero-order valence-corrected chi connectivity index (χ0v) is 12.3. The maximum absolute atomic E-state index is 11.6. The number of oxazole rings is 1. The minimum absolute atomic E-state index is 0.120. The van der Waals surface area contributed by atoms with E-state index >= 15 is 0 Å². The van der Waals surface area contributed by atoms with Crippen molar-refractivity contribution in [2.75, 3.05) is 6.54 Å². The van der Waals surface area contributed by atoms with Gasteiger partial charge in [-0.15, -0.1) is 0 Å². The predicted molar refractivity (Wildman–Crippen MR) is 80.1 cm³/mol. The molecule has 1 aromatic carbocycles. The summed E-state index contributed by atoms with van der Waals surface area (Å²) in [7, 11) is 0. The number of benzene rings is 1. The summed E-state index contributed by atoms with van der Waals surface area (Å²) >= 11 is 0. The van der Waals surface area contributed by atoms with Gasteiger partial charge in [0, 0.05) is 24.9 Å². The molecule has 0 radical (unpaired) electrons. The molecule has 116 valence electrons. The minimum Gasteiger partial charge on any atom is -0.481 e. The van der Waals surface area contributed by atoms with Gasteiger partial charge in [-0.05, 0) is 0 Å². The number of rotatable bonds is 7. The predicted octanol–water partition coefficient (Wildman–Crippen LogP) is 2.11. The average molecular weight is 302 g/mol. The first-order chi connectivity index (χ1) is 10.6. The quantitative estimate of drug-likeness (QED) is 0.817. The molecule has 1 atom stereocenters. The van der Waals surface area contributed by atoms with E-state index in [9.17, 15) is 9.59 Å². The van der Waals surface area contributed by atoms with Crippen molar-refractivity contribution in [1.82, 2.24) is 10.3 Å². The van der Waals surface area contributed by atoms with Gasteiger partial charge in [-0.2, -0.15) is 0 Å². The number of hydrogen-bond acceptors (Lipinski definition) is 4. The van der Waals surface area contributed by atoms with Crippen LogP contribution in [0.25, 0.3) is 11.3 Å². The number of amides is 1. The highest BCUT2D eigenvalue weighted by Gasteiger charge is 2.13. The second kappa shape index (κ2) is 7.40. The zero-order valence-electron chi connectivity index (χ0n) is 12.3. The molecule has 22 heavy (non-hydrogen) atoms. The number of aromatic nitrogens is 1. The van der Waals surface area contributed by atoms with Crippen LogP contribution in [0.4, 0.5) is 0 Å². The Morgan fingerprint density at radius 2 is 2.05 bits per heavy atom.